The van der Waals surface area contributed by atoms with Gasteiger partial charge in [-0.3, -0.25) is 10.1 Å². The molecule has 1 aliphatic rings. The number of aliphatic hydroxyl groups is 1. The molecule has 1 aromatic rings. The lowest BCUT2D eigenvalue weighted by atomic mass is 9.90. The van der Waals surface area contributed by atoms with Crippen molar-refractivity contribution in [2.75, 3.05) is 0 Å². The fraction of sp³-hybridized carbons (Fsp3) is 0.500. The number of aliphatic hydroxyl groups excluding tert-OH is 1. The van der Waals surface area contributed by atoms with Gasteiger partial charge in [0, 0.05) is 12.5 Å². The summed E-state index contributed by atoms with van der Waals surface area (Å²) in [6, 6.07) is 3.11. The van der Waals surface area contributed by atoms with Gasteiger partial charge in [-0.25, -0.2) is 0 Å². The molecule has 0 aromatic heterocycles. The SMILES string of the molecule is Cc1c([N+](=O)[O-])ccc2c1OC(C)(C)C(O)C2. The molecule has 0 aliphatic carbocycles. The topological polar surface area (TPSA) is 72.6 Å². The summed E-state index contributed by atoms with van der Waals surface area (Å²) >= 11 is 0. The number of nitrogens with zero attached hydrogens (tertiary/aromatic N) is 1. The highest BCUT2D eigenvalue weighted by molar-refractivity contribution is 5.54. The van der Waals surface area contributed by atoms with E-state index in [0.29, 0.717) is 17.7 Å². The average Bonchev–Trinajstić information content (AvgIpc) is 2.21. The van der Waals surface area contributed by atoms with E-state index in [9.17, 15) is 15.2 Å². The summed E-state index contributed by atoms with van der Waals surface area (Å²) in [5.74, 6) is 0.537. The van der Waals surface area contributed by atoms with Gasteiger partial charge in [0.25, 0.3) is 5.69 Å². The Labute approximate surface area is 99.2 Å². The zero-order valence-corrected chi connectivity index (χ0v) is 10.1. The number of rotatable bonds is 1. The second kappa shape index (κ2) is 3.70. The van der Waals surface area contributed by atoms with Gasteiger partial charge in [-0.15, -0.1) is 0 Å². The van der Waals surface area contributed by atoms with Crippen LogP contribution in [0.2, 0.25) is 0 Å². The zero-order valence-electron chi connectivity index (χ0n) is 10.1. The zero-order chi connectivity index (χ0) is 12.8. The van der Waals surface area contributed by atoms with Gasteiger partial charge in [0.15, 0.2) is 0 Å². The van der Waals surface area contributed by atoms with Crippen LogP contribution in [0, 0.1) is 17.0 Å². The molecule has 1 N–H and O–H groups in total. The van der Waals surface area contributed by atoms with E-state index in [1.165, 1.54) is 6.07 Å². The van der Waals surface area contributed by atoms with Crippen LogP contribution >= 0.6 is 0 Å². The molecule has 1 atom stereocenters. The van der Waals surface area contributed by atoms with Crippen molar-refractivity contribution < 1.29 is 14.8 Å². The van der Waals surface area contributed by atoms with E-state index >= 15 is 0 Å². The maximum absolute atomic E-state index is 10.8. The van der Waals surface area contributed by atoms with E-state index in [1.54, 1.807) is 26.8 Å². The Balaban J connectivity index is 2.54. The molecule has 17 heavy (non-hydrogen) atoms. The fourth-order valence-corrected chi connectivity index (χ4v) is 2.02. The predicted octanol–water partition coefficient (Wildman–Crippen LogP) is 1.98. The third-order valence-corrected chi connectivity index (χ3v) is 3.24. The highest BCUT2D eigenvalue weighted by Gasteiger charge is 2.37. The molecule has 5 heteroatoms. The monoisotopic (exact) mass is 237 g/mol. The summed E-state index contributed by atoms with van der Waals surface area (Å²) in [4.78, 5) is 10.4. The summed E-state index contributed by atoms with van der Waals surface area (Å²) in [6.45, 7) is 5.22. The molecular formula is C12H15NO4. The minimum absolute atomic E-state index is 0.0518. The highest BCUT2D eigenvalue weighted by atomic mass is 16.6. The molecule has 92 valence electrons. The van der Waals surface area contributed by atoms with Crippen molar-refractivity contribution in [1.82, 2.24) is 0 Å². The first-order valence-electron chi connectivity index (χ1n) is 5.47. The Morgan fingerprint density at radius 1 is 1.53 bits per heavy atom. The number of fused-ring (bicyclic) bond motifs is 1. The van der Waals surface area contributed by atoms with Crippen LogP contribution in [-0.4, -0.2) is 21.7 Å². The molecule has 1 aliphatic heterocycles. The van der Waals surface area contributed by atoms with Crippen molar-refractivity contribution >= 4 is 5.69 Å². The Kier molecular flexibility index (Phi) is 2.58. The first-order chi connectivity index (χ1) is 7.83. The largest absolute Gasteiger partial charge is 0.484 e. The molecule has 2 rings (SSSR count). The number of nitro groups is 1. The van der Waals surface area contributed by atoms with E-state index < -0.39 is 16.6 Å². The molecule has 0 bridgehead atoms. The lowest BCUT2D eigenvalue weighted by Crippen LogP contribution is -2.46. The minimum atomic E-state index is -0.715. The predicted molar refractivity (Wildman–Crippen MR) is 62.3 cm³/mol. The van der Waals surface area contributed by atoms with Gasteiger partial charge in [-0.2, -0.15) is 0 Å². The summed E-state index contributed by atoms with van der Waals surface area (Å²) in [5.41, 5.74) is 0.677. The molecule has 0 spiro atoms. The Bertz CT molecular complexity index is 482. The molecule has 1 unspecified atom stereocenters. The second-order valence-corrected chi connectivity index (χ2v) is 4.88. The van der Waals surface area contributed by atoms with Gasteiger partial charge in [0.05, 0.1) is 16.6 Å². The number of benzene rings is 1. The van der Waals surface area contributed by atoms with Crippen LogP contribution in [0.1, 0.15) is 25.0 Å². The Morgan fingerprint density at radius 3 is 2.76 bits per heavy atom. The number of nitro benzene ring substituents is 1. The molecule has 5 nitrogen and oxygen atoms in total. The summed E-state index contributed by atoms with van der Waals surface area (Å²) in [6.07, 6.45) is -0.142. The van der Waals surface area contributed by atoms with Crippen LogP contribution in [0.4, 0.5) is 5.69 Å². The van der Waals surface area contributed by atoms with Gasteiger partial charge in [-0.1, -0.05) is 0 Å². The van der Waals surface area contributed by atoms with Gasteiger partial charge in [0.1, 0.15) is 11.4 Å². The summed E-state index contributed by atoms with van der Waals surface area (Å²) < 4.78 is 5.70. The quantitative estimate of drug-likeness (QED) is 0.598. The molecule has 1 aromatic carbocycles. The first-order valence-corrected chi connectivity index (χ1v) is 5.47. The van der Waals surface area contributed by atoms with Gasteiger partial charge in [-0.05, 0) is 32.4 Å². The van der Waals surface area contributed by atoms with Crippen LogP contribution in [0.5, 0.6) is 5.75 Å². The van der Waals surface area contributed by atoms with E-state index in [4.69, 9.17) is 4.74 Å². The van der Waals surface area contributed by atoms with E-state index in [2.05, 4.69) is 0 Å². The van der Waals surface area contributed by atoms with E-state index in [1.807, 2.05) is 0 Å². The summed E-state index contributed by atoms with van der Waals surface area (Å²) in [5, 5.41) is 20.7. The molecule has 0 saturated heterocycles. The molecule has 0 saturated carbocycles. The molecule has 1 heterocycles. The van der Waals surface area contributed by atoms with Crippen molar-refractivity contribution in [3.63, 3.8) is 0 Å². The molecule has 0 amide bonds. The van der Waals surface area contributed by atoms with Crippen molar-refractivity contribution in [2.24, 2.45) is 0 Å². The van der Waals surface area contributed by atoms with Crippen molar-refractivity contribution in [1.29, 1.82) is 0 Å². The van der Waals surface area contributed by atoms with Crippen LogP contribution in [0.15, 0.2) is 12.1 Å². The van der Waals surface area contributed by atoms with Crippen LogP contribution < -0.4 is 4.74 Å². The maximum atomic E-state index is 10.8. The molecule has 0 radical (unpaired) electrons. The van der Waals surface area contributed by atoms with Crippen LogP contribution in [-0.2, 0) is 6.42 Å². The van der Waals surface area contributed by atoms with Gasteiger partial charge < -0.3 is 9.84 Å². The lowest BCUT2D eigenvalue weighted by molar-refractivity contribution is -0.385. The van der Waals surface area contributed by atoms with Crippen LogP contribution in [0.3, 0.4) is 0 Å². The standard InChI is InChI=1S/C12H15NO4/c1-7-9(13(15)16)5-4-8-6-10(14)12(2,3)17-11(7)8/h4-5,10,14H,6H2,1-3H3. The smallest absolute Gasteiger partial charge is 0.276 e. The highest BCUT2D eigenvalue weighted by Crippen LogP contribution is 2.39. The van der Waals surface area contributed by atoms with Crippen molar-refractivity contribution in [3.8, 4) is 5.75 Å². The minimum Gasteiger partial charge on any atom is -0.484 e. The van der Waals surface area contributed by atoms with Gasteiger partial charge in [0.2, 0.25) is 0 Å². The summed E-state index contributed by atoms with van der Waals surface area (Å²) in [7, 11) is 0. The lowest BCUT2D eigenvalue weighted by Gasteiger charge is -2.37. The number of hydrogen-bond acceptors (Lipinski definition) is 4. The van der Waals surface area contributed by atoms with Gasteiger partial charge >= 0.3 is 0 Å². The maximum Gasteiger partial charge on any atom is 0.276 e. The fourth-order valence-electron chi connectivity index (χ4n) is 2.02. The van der Waals surface area contributed by atoms with E-state index in [-0.39, 0.29) is 5.69 Å². The third-order valence-electron chi connectivity index (χ3n) is 3.24. The Hall–Kier alpha value is -1.62. The Morgan fingerprint density at radius 2 is 2.18 bits per heavy atom. The average molecular weight is 237 g/mol. The van der Waals surface area contributed by atoms with Crippen molar-refractivity contribution in [3.05, 3.63) is 33.4 Å². The molecular weight excluding hydrogens is 222 g/mol. The number of hydrogen-bond donors (Lipinski definition) is 1. The normalized spacial score (nSPS) is 21.5. The van der Waals surface area contributed by atoms with E-state index in [0.717, 1.165) is 5.56 Å². The molecule has 0 fully saturated rings. The first kappa shape index (κ1) is 11.9. The van der Waals surface area contributed by atoms with Crippen molar-refractivity contribution in [2.45, 2.75) is 38.9 Å². The second-order valence-electron chi connectivity index (χ2n) is 4.88. The number of ether oxygens (including phenoxy) is 1. The third kappa shape index (κ3) is 1.86. The van der Waals surface area contributed by atoms with Crippen LogP contribution in [0.25, 0.3) is 0 Å².